The Morgan fingerprint density at radius 2 is 2.15 bits per heavy atom. The van der Waals surface area contributed by atoms with Gasteiger partial charge in [0.2, 0.25) is 0 Å². The van der Waals surface area contributed by atoms with Gasteiger partial charge in [-0.05, 0) is 30.5 Å². The molecular formula is C10H10FNO. The Morgan fingerprint density at radius 3 is 2.85 bits per heavy atom. The Labute approximate surface area is 75.6 Å². The molecule has 0 radical (unpaired) electrons. The van der Waals surface area contributed by atoms with Gasteiger partial charge in [-0.1, -0.05) is 0 Å². The molecule has 0 aromatic heterocycles. The van der Waals surface area contributed by atoms with E-state index in [1.807, 2.05) is 6.92 Å². The molecule has 13 heavy (non-hydrogen) atoms. The normalized spacial score (nSPS) is 14.8. The van der Waals surface area contributed by atoms with E-state index in [0.717, 1.165) is 11.1 Å². The highest BCUT2D eigenvalue weighted by atomic mass is 19.1. The third-order valence-corrected chi connectivity index (χ3v) is 2.50. The molecule has 0 atom stereocenters. The summed E-state index contributed by atoms with van der Waals surface area (Å²) in [7, 11) is 0. The van der Waals surface area contributed by atoms with Gasteiger partial charge in [-0.2, -0.15) is 0 Å². The molecule has 1 aliphatic rings. The molecular weight excluding hydrogens is 169 g/mol. The number of nitrogens with two attached hydrogens (primary N) is 1. The van der Waals surface area contributed by atoms with Crippen molar-refractivity contribution in [3.63, 3.8) is 0 Å². The number of halogens is 1. The van der Waals surface area contributed by atoms with Crippen molar-refractivity contribution >= 4 is 11.5 Å². The van der Waals surface area contributed by atoms with Crippen molar-refractivity contribution < 1.29 is 9.18 Å². The topological polar surface area (TPSA) is 43.1 Å². The lowest BCUT2D eigenvalue weighted by Crippen LogP contribution is -2.02. The zero-order valence-electron chi connectivity index (χ0n) is 7.36. The number of carbonyl (C=O) groups excluding carboxylic acids is 1. The van der Waals surface area contributed by atoms with Gasteiger partial charge in [0.05, 0.1) is 11.3 Å². The summed E-state index contributed by atoms with van der Waals surface area (Å²) in [5.41, 5.74) is 7.47. The van der Waals surface area contributed by atoms with Gasteiger partial charge in [0, 0.05) is 6.42 Å². The van der Waals surface area contributed by atoms with Crippen LogP contribution in [-0.2, 0) is 6.42 Å². The predicted octanol–water partition coefficient (Wildman–Crippen LogP) is 1.85. The minimum atomic E-state index is -0.539. The molecule has 0 saturated heterocycles. The summed E-state index contributed by atoms with van der Waals surface area (Å²) >= 11 is 0. The molecule has 0 bridgehead atoms. The molecule has 1 aromatic rings. The fourth-order valence-electron chi connectivity index (χ4n) is 1.83. The highest BCUT2D eigenvalue weighted by Crippen LogP contribution is 2.30. The van der Waals surface area contributed by atoms with Crippen molar-refractivity contribution in [1.29, 1.82) is 0 Å². The second-order valence-corrected chi connectivity index (χ2v) is 3.37. The van der Waals surface area contributed by atoms with Gasteiger partial charge in [-0.25, -0.2) is 4.39 Å². The van der Waals surface area contributed by atoms with Crippen molar-refractivity contribution in [2.24, 2.45) is 0 Å². The van der Waals surface area contributed by atoms with E-state index in [4.69, 9.17) is 5.73 Å². The maximum atomic E-state index is 13.4. The van der Waals surface area contributed by atoms with Crippen LogP contribution in [0.4, 0.5) is 10.1 Å². The maximum Gasteiger partial charge on any atom is 0.166 e. The van der Waals surface area contributed by atoms with Gasteiger partial charge >= 0.3 is 0 Å². The predicted molar refractivity (Wildman–Crippen MR) is 48.2 cm³/mol. The quantitative estimate of drug-likeness (QED) is 0.617. The number of rotatable bonds is 0. The van der Waals surface area contributed by atoms with E-state index < -0.39 is 5.82 Å². The third-order valence-electron chi connectivity index (χ3n) is 2.50. The number of Topliss-reactive ketones (excluding diaryl/α,β-unsaturated/α-hetero) is 1. The van der Waals surface area contributed by atoms with Gasteiger partial charge in [0.1, 0.15) is 0 Å². The molecule has 0 amide bonds. The van der Waals surface area contributed by atoms with Crippen molar-refractivity contribution in [2.75, 3.05) is 5.73 Å². The van der Waals surface area contributed by atoms with Gasteiger partial charge < -0.3 is 5.73 Å². The number of hydrogen-bond acceptors (Lipinski definition) is 2. The van der Waals surface area contributed by atoms with Crippen LogP contribution in [0.3, 0.4) is 0 Å². The van der Waals surface area contributed by atoms with Crippen molar-refractivity contribution in [3.8, 4) is 0 Å². The molecule has 1 aliphatic carbocycles. The summed E-state index contributed by atoms with van der Waals surface area (Å²) in [6, 6.07) is 1.59. The highest BCUT2D eigenvalue weighted by Gasteiger charge is 2.26. The first kappa shape index (κ1) is 8.23. The molecule has 3 heteroatoms. The fourth-order valence-corrected chi connectivity index (χ4v) is 1.83. The smallest absolute Gasteiger partial charge is 0.166 e. The van der Waals surface area contributed by atoms with E-state index in [1.54, 1.807) is 6.07 Å². The monoisotopic (exact) mass is 179 g/mol. The van der Waals surface area contributed by atoms with Crippen LogP contribution < -0.4 is 5.73 Å². The van der Waals surface area contributed by atoms with Crippen LogP contribution in [-0.4, -0.2) is 5.78 Å². The first-order chi connectivity index (χ1) is 6.11. The zero-order chi connectivity index (χ0) is 9.59. The van der Waals surface area contributed by atoms with Crippen LogP contribution in [0.1, 0.15) is 27.9 Å². The minimum absolute atomic E-state index is 0.0755. The summed E-state index contributed by atoms with van der Waals surface area (Å²) in [6.07, 6.45) is 1.06. The Kier molecular flexibility index (Phi) is 1.62. The SMILES string of the molecule is Cc1cc(N)c(F)c2c1CCC2=O. The summed E-state index contributed by atoms with van der Waals surface area (Å²) in [5.74, 6) is -0.661. The van der Waals surface area contributed by atoms with Crippen LogP contribution in [0.25, 0.3) is 0 Å². The Hall–Kier alpha value is -1.38. The molecule has 2 nitrogen and oxygen atoms in total. The van der Waals surface area contributed by atoms with E-state index in [9.17, 15) is 9.18 Å². The van der Waals surface area contributed by atoms with Crippen LogP contribution in [0.5, 0.6) is 0 Å². The number of anilines is 1. The first-order valence-electron chi connectivity index (χ1n) is 4.22. The molecule has 0 unspecified atom stereocenters. The number of fused-ring (bicyclic) bond motifs is 1. The van der Waals surface area contributed by atoms with Crippen LogP contribution in [0.2, 0.25) is 0 Å². The lowest BCUT2D eigenvalue weighted by atomic mass is 10.0. The van der Waals surface area contributed by atoms with Gasteiger partial charge in [0.25, 0.3) is 0 Å². The number of benzene rings is 1. The number of carbonyl (C=O) groups is 1. The van der Waals surface area contributed by atoms with Crippen LogP contribution in [0, 0.1) is 12.7 Å². The standard InChI is InChI=1S/C10H10FNO/c1-5-4-7(12)10(11)9-6(5)2-3-8(9)13/h4H,2-3,12H2,1H3. The van der Waals surface area contributed by atoms with E-state index in [2.05, 4.69) is 0 Å². The molecule has 2 N–H and O–H groups in total. The first-order valence-corrected chi connectivity index (χ1v) is 4.22. The average molecular weight is 179 g/mol. The number of hydrogen-bond donors (Lipinski definition) is 1. The van der Waals surface area contributed by atoms with E-state index in [1.165, 1.54) is 0 Å². The molecule has 0 aliphatic heterocycles. The third kappa shape index (κ3) is 1.03. The van der Waals surface area contributed by atoms with Crippen LogP contribution >= 0.6 is 0 Å². The molecule has 0 heterocycles. The summed E-state index contributed by atoms with van der Waals surface area (Å²) in [5, 5.41) is 0. The van der Waals surface area contributed by atoms with Crippen LogP contribution in [0.15, 0.2) is 6.07 Å². The van der Waals surface area contributed by atoms with Gasteiger partial charge in [-0.3, -0.25) is 4.79 Å². The molecule has 1 aromatic carbocycles. The zero-order valence-corrected chi connectivity index (χ0v) is 7.36. The molecule has 68 valence electrons. The van der Waals surface area contributed by atoms with E-state index in [0.29, 0.717) is 12.8 Å². The Morgan fingerprint density at radius 1 is 1.46 bits per heavy atom. The molecule has 0 spiro atoms. The second-order valence-electron chi connectivity index (χ2n) is 3.37. The fraction of sp³-hybridized carbons (Fsp3) is 0.300. The van der Waals surface area contributed by atoms with Crippen molar-refractivity contribution in [3.05, 3.63) is 28.6 Å². The number of aryl methyl sites for hydroxylation is 1. The van der Waals surface area contributed by atoms with Crippen molar-refractivity contribution in [2.45, 2.75) is 19.8 Å². The number of ketones is 1. The van der Waals surface area contributed by atoms with E-state index in [-0.39, 0.29) is 17.0 Å². The average Bonchev–Trinajstić information content (AvgIpc) is 2.44. The minimum Gasteiger partial charge on any atom is -0.396 e. The Bertz CT molecular complexity index is 398. The molecule has 0 fully saturated rings. The number of nitrogen functional groups attached to an aromatic ring is 1. The van der Waals surface area contributed by atoms with Gasteiger partial charge in [0.15, 0.2) is 11.6 Å². The lowest BCUT2D eigenvalue weighted by molar-refractivity contribution is 0.0991. The summed E-state index contributed by atoms with van der Waals surface area (Å²) < 4.78 is 13.4. The maximum absolute atomic E-state index is 13.4. The Balaban J connectivity index is 2.77. The van der Waals surface area contributed by atoms with Gasteiger partial charge in [-0.15, -0.1) is 0 Å². The lowest BCUT2D eigenvalue weighted by Gasteiger charge is -2.06. The highest BCUT2D eigenvalue weighted by molar-refractivity contribution is 6.01. The van der Waals surface area contributed by atoms with Crippen molar-refractivity contribution in [1.82, 2.24) is 0 Å². The molecule has 0 saturated carbocycles. The second kappa shape index (κ2) is 2.55. The molecule has 2 rings (SSSR count). The summed E-state index contributed by atoms with van der Waals surface area (Å²) in [4.78, 5) is 11.3. The van der Waals surface area contributed by atoms with E-state index >= 15 is 0 Å². The summed E-state index contributed by atoms with van der Waals surface area (Å²) in [6.45, 7) is 1.85. The largest absolute Gasteiger partial charge is 0.396 e.